The maximum atomic E-state index is 13.1. The van der Waals surface area contributed by atoms with Gasteiger partial charge in [0.05, 0.1) is 0 Å². The molecule has 2 rings (SSSR count). The largest absolute Gasteiger partial charge is 0.417 e. The van der Waals surface area contributed by atoms with Crippen molar-refractivity contribution in [3.63, 3.8) is 0 Å². The maximum Gasteiger partial charge on any atom is 0.417 e. The molecule has 7 heteroatoms. The van der Waals surface area contributed by atoms with E-state index in [-0.39, 0.29) is 19.1 Å². The second-order valence-corrected chi connectivity index (χ2v) is 5.62. The van der Waals surface area contributed by atoms with Crippen molar-refractivity contribution in [3.05, 3.63) is 35.9 Å². The van der Waals surface area contributed by atoms with Crippen LogP contribution >= 0.6 is 0 Å². The lowest BCUT2D eigenvalue weighted by molar-refractivity contribution is -0.316. The van der Waals surface area contributed by atoms with Gasteiger partial charge in [-0.3, -0.25) is 0 Å². The third-order valence-corrected chi connectivity index (χ3v) is 3.91. The lowest BCUT2D eigenvalue weighted by atomic mass is 9.96. The molecule has 1 aliphatic heterocycles. The van der Waals surface area contributed by atoms with Crippen LogP contribution < -0.4 is 5.32 Å². The Labute approximate surface area is 133 Å². The summed E-state index contributed by atoms with van der Waals surface area (Å²) in [6, 6.07) is 8.36. The van der Waals surface area contributed by atoms with Gasteiger partial charge in [0, 0.05) is 25.1 Å². The molecule has 1 aromatic rings. The fourth-order valence-electron chi connectivity index (χ4n) is 2.75. The Balaban J connectivity index is 2.11. The molecule has 1 fully saturated rings. The van der Waals surface area contributed by atoms with Gasteiger partial charge in [0.2, 0.25) is 0 Å². The number of nitrogens with one attached hydrogen (secondary N) is 1. The van der Waals surface area contributed by atoms with Gasteiger partial charge in [0.1, 0.15) is 6.10 Å². The van der Waals surface area contributed by atoms with Gasteiger partial charge < -0.3 is 19.9 Å². The number of hydrogen-bond donors (Lipinski definition) is 2. The Bertz CT molecular complexity index is 483. The highest BCUT2D eigenvalue weighted by Crippen LogP contribution is 2.33. The molecular weight excluding hydrogens is 311 g/mol. The standard InChI is InChI=1S/C16H22F3NO3/c1-3-22-13-9-12(14(21)15(23-13)16(17,18)19)20-10(2)11-7-5-4-6-8-11/h4-8,10,12-15,20-21H,3,9H2,1-2H3/t10-,12+,13+,14-,15-/m1/s1. The topological polar surface area (TPSA) is 50.7 Å². The van der Waals surface area contributed by atoms with Gasteiger partial charge in [-0.05, 0) is 19.4 Å². The summed E-state index contributed by atoms with van der Waals surface area (Å²) in [4.78, 5) is 0. The number of aliphatic hydroxyl groups is 1. The van der Waals surface area contributed by atoms with Gasteiger partial charge >= 0.3 is 6.18 Å². The zero-order valence-electron chi connectivity index (χ0n) is 13.1. The second kappa shape index (κ2) is 7.61. The van der Waals surface area contributed by atoms with Gasteiger partial charge in [-0.1, -0.05) is 30.3 Å². The number of alkyl halides is 3. The summed E-state index contributed by atoms with van der Waals surface area (Å²) in [6.45, 7) is 3.77. The minimum absolute atomic E-state index is 0.152. The summed E-state index contributed by atoms with van der Waals surface area (Å²) in [5.74, 6) is 0. The minimum Gasteiger partial charge on any atom is -0.388 e. The second-order valence-electron chi connectivity index (χ2n) is 5.62. The summed E-state index contributed by atoms with van der Waals surface area (Å²) in [6.07, 6.45) is -9.43. The molecule has 130 valence electrons. The first-order valence-corrected chi connectivity index (χ1v) is 7.65. The molecule has 0 unspecified atom stereocenters. The first kappa shape index (κ1) is 18.2. The number of halogens is 3. The van der Waals surface area contributed by atoms with Gasteiger partial charge in [0.25, 0.3) is 0 Å². The smallest absolute Gasteiger partial charge is 0.388 e. The molecule has 1 aliphatic rings. The van der Waals surface area contributed by atoms with Crippen LogP contribution in [0.5, 0.6) is 0 Å². The van der Waals surface area contributed by atoms with Crippen LogP contribution in [-0.2, 0) is 9.47 Å². The van der Waals surface area contributed by atoms with Crippen LogP contribution in [-0.4, -0.2) is 42.4 Å². The van der Waals surface area contributed by atoms with E-state index in [1.165, 1.54) is 0 Å². The number of ether oxygens (including phenoxy) is 2. The number of benzene rings is 1. The zero-order valence-corrected chi connectivity index (χ0v) is 13.1. The molecule has 1 heterocycles. The predicted molar refractivity (Wildman–Crippen MR) is 78.7 cm³/mol. The molecule has 0 amide bonds. The van der Waals surface area contributed by atoms with E-state index in [0.29, 0.717) is 0 Å². The Morgan fingerprint density at radius 3 is 2.57 bits per heavy atom. The van der Waals surface area contributed by atoms with Crippen molar-refractivity contribution < 1.29 is 27.8 Å². The van der Waals surface area contributed by atoms with Gasteiger partial charge in [0.15, 0.2) is 12.4 Å². The maximum absolute atomic E-state index is 13.1. The van der Waals surface area contributed by atoms with Crippen LogP contribution in [0.4, 0.5) is 13.2 Å². The predicted octanol–water partition coefficient (Wildman–Crippen LogP) is 2.78. The first-order chi connectivity index (χ1) is 10.8. The van der Waals surface area contributed by atoms with E-state index in [9.17, 15) is 18.3 Å². The molecule has 0 bridgehead atoms. The lowest BCUT2D eigenvalue weighted by Gasteiger charge is -2.41. The van der Waals surface area contributed by atoms with E-state index in [2.05, 4.69) is 5.32 Å². The summed E-state index contributed by atoms with van der Waals surface area (Å²) >= 11 is 0. The highest BCUT2D eigenvalue weighted by Gasteiger charge is 2.52. The third kappa shape index (κ3) is 4.67. The van der Waals surface area contributed by atoms with Crippen LogP contribution in [0.15, 0.2) is 30.3 Å². The van der Waals surface area contributed by atoms with Crippen LogP contribution in [0.1, 0.15) is 31.9 Å². The van der Waals surface area contributed by atoms with Crippen LogP contribution in [0.25, 0.3) is 0 Å². The molecule has 0 aliphatic carbocycles. The van der Waals surface area contributed by atoms with Crippen molar-refractivity contribution in [1.29, 1.82) is 0 Å². The number of hydrogen-bond acceptors (Lipinski definition) is 4. The van der Waals surface area contributed by atoms with Gasteiger partial charge in [-0.25, -0.2) is 0 Å². The average molecular weight is 333 g/mol. The van der Waals surface area contributed by atoms with Gasteiger partial charge in [-0.15, -0.1) is 0 Å². The lowest BCUT2D eigenvalue weighted by Crippen LogP contribution is -2.59. The monoisotopic (exact) mass is 333 g/mol. The van der Waals surface area contributed by atoms with Crippen LogP contribution in [0.2, 0.25) is 0 Å². The third-order valence-electron chi connectivity index (χ3n) is 3.91. The van der Waals surface area contributed by atoms with E-state index >= 15 is 0 Å². The summed E-state index contributed by atoms with van der Waals surface area (Å²) in [7, 11) is 0. The summed E-state index contributed by atoms with van der Waals surface area (Å²) < 4.78 is 49.3. The Hall–Kier alpha value is -1.15. The van der Waals surface area contributed by atoms with E-state index in [4.69, 9.17) is 9.47 Å². The molecule has 0 saturated carbocycles. The normalized spacial score (nSPS) is 30.2. The van der Waals surface area contributed by atoms with Crippen molar-refractivity contribution in [1.82, 2.24) is 5.32 Å². The molecule has 0 radical (unpaired) electrons. The average Bonchev–Trinajstić information content (AvgIpc) is 2.50. The first-order valence-electron chi connectivity index (χ1n) is 7.65. The molecule has 1 aromatic carbocycles. The zero-order chi connectivity index (χ0) is 17.0. The van der Waals surface area contributed by atoms with Crippen molar-refractivity contribution >= 4 is 0 Å². The molecule has 1 saturated heterocycles. The number of rotatable bonds is 5. The molecule has 0 aromatic heterocycles. The molecule has 23 heavy (non-hydrogen) atoms. The van der Waals surface area contributed by atoms with Crippen LogP contribution in [0.3, 0.4) is 0 Å². The van der Waals surface area contributed by atoms with E-state index in [0.717, 1.165) is 5.56 Å². The quantitative estimate of drug-likeness (QED) is 0.870. The molecule has 5 atom stereocenters. The minimum atomic E-state index is -4.65. The Morgan fingerprint density at radius 1 is 1.35 bits per heavy atom. The molecule has 2 N–H and O–H groups in total. The highest BCUT2D eigenvalue weighted by molar-refractivity contribution is 5.18. The Kier molecular flexibility index (Phi) is 6.02. The fourth-order valence-corrected chi connectivity index (χ4v) is 2.75. The Morgan fingerprint density at radius 2 is 2.00 bits per heavy atom. The van der Waals surface area contributed by atoms with Crippen molar-refractivity contribution in [2.75, 3.05) is 6.61 Å². The van der Waals surface area contributed by atoms with E-state index in [1.54, 1.807) is 6.92 Å². The van der Waals surface area contributed by atoms with Crippen molar-refractivity contribution in [2.24, 2.45) is 0 Å². The van der Waals surface area contributed by atoms with Crippen molar-refractivity contribution in [2.45, 2.75) is 57.0 Å². The van der Waals surface area contributed by atoms with E-state index in [1.807, 2.05) is 37.3 Å². The van der Waals surface area contributed by atoms with E-state index < -0.39 is 30.7 Å². The summed E-state index contributed by atoms with van der Waals surface area (Å²) in [5, 5.41) is 13.1. The SMILES string of the molecule is CCO[C@@H]1C[C@H](N[C@H](C)c2ccccc2)[C@@H](O)[C@H](C(F)(F)F)O1. The summed E-state index contributed by atoms with van der Waals surface area (Å²) in [5.41, 5.74) is 0.933. The molecule has 0 spiro atoms. The molecular formula is C16H22F3NO3. The number of aliphatic hydroxyl groups excluding tert-OH is 1. The van der Waals surface area contributed by atoms with Crippen LogP contribution in [0, 0.1) is 0 Å². The van der Waals surface area contributed by atoms with Crippen molar-refractivity contribution in [3.8, 4) is 0 Å². The fraction of sp³-hybridized carbons (Fsp3) is 0.625. The van der Waals surface area contributed by atoms with Gasteiger partial charge in [-0.2, -0.15) is 13.2 Å². The highest BCUT2D eigenvalue weighted by atomic mass is 19.4. The molecule has 4 nitrogen and oxygen atoms in total.